The molecule has 1 unspecified atom stereocenters. The Morgan fingerprint density at radius 3 is 2.70 bits per heavy atom. The van der Waals surface area contributed by atoms with E-state index in [1.807, 2.05) is 6.07 Å². The van der Waals surface area contributed by atoms with E-state index < -0.39 is 12.3 Å². The molecular weight excluding hydrogens is 426 g/mol. The number of aliphatic imine (C=N–C) groups is 1. The number of benzene rings is 1. The number of amides is 2. The van der Waals surface area contributed by atoms with Gasteiger partial charge in [0.05, 0.1) is 36.7 Å². The van der Waals surface area contributed by atoms with Crippen molar-refractivity contribution >= 4 is 29.2 Å². The first kappa shape index (κ1) is 24.2. The number of nitriles is 1. The average Bonchev–Trinajstić information content (AvgIpc) is 2.79. The number of aliphatic hydroxyl groups excluding tert-OH is 1. The van der Waals surface area contributed by atoms with Crippen LogP contribution >= 0.6 is 0 Å². The number of hydrogen-bond acceptors (Lipinski definition) is 8. The van der Waals surface area contributed by atoms with E-state index in [4.69, 9.17) is 4.74 Å². The lowest BCUT2D eigenvalue weighted by molar-refractivity contribution is -0.124. The van der Waals surface area contributed by atoms with Crippen molar-refractivity contribution in [2.24, 2.45) is 10.4 Å². The summed E-state index contributed by atoms with van der Waals surface area (Å²) in [6.07, 6.45) is 3.39. The number of anilines is 1. The summed E-state index contributed by atoms with van der Waals surface area (Å²) in [6, 6.07) is 6.90. The summed E-state index contributed by atoms with van der Waals surface area (Å²) in [5.74, 6) is 0.373. The van der Waals surface area contributed by atoms with Crippen LogP contribution in [0.3, 0.4) is 0 Å². The average molecular weight is 456 g/mol. The maximum absolute atomic E-state index is 12.6. The molecule has 0 radical (unpaired) electrons. The number of hydrogen-bond donors (Lipinski definition) is 3. The molecule has 176 valence electrons. The Labute approximate surface area is 192 Å². The van der Waals surface area contributed by atoms with Gasteiger partial charge >= 0.3 is 6.09 Å². The van der Waals surface area contributed by atoms with E-state index in [2.05, 4.69) is 20.4 Å². The van der Waals surface area contributed by atoms with Crippen molar-refractivity contribution < 1.29 is 24.2 Å². The molecule has 1 aromatic rings. The second-order valence-electron chi connectivity index (χ2n) is 8.24. The number of aliphatic hydroxyl groups is 1. The molecule has 33 heavy (non-hydrogen) atoms. The summed E-state index contributed by atoms with van der Waals surface area (Å²) in [4.78, 5) is 30.7. The van der Waals surface area contributed by atoms with Gasteiger partial charge in [-0.2, -0.15) is 5.26 Å². The molecule has 1 fully saturated rings. The molecule has 1 heterocycles. The zero-order valence-electron chi connectivity index (χ0n) is 19.1. The van der Waals surface area contributed by atoms with Crippen molar-refractivity contribution in [3.63, 3.8) is 0 Å². The van der Waals surface area contributed by atoms with Gasteiger partial charge in [0, 0.05) is 24.6 Å². The molecule has 3 N–H and O–H groups in total. The highest BCUT2D eigenvalue weighted by Gasteiger charge is 2.36. The van der Waals surface area contributed by atoms with Gasteiger partial charge in [-0.05, 0) is 44.0 Å². The standard InChI is InChI=1S/C23H29N5O5/c1-15-26-19(17-6-5-16(11-24)9-18(17)27-22(31)33-3)10-21(32-2)28(15)12-20(30)25-13-23(14-29)7-4-8-23/h5-6,9-10,21,29H,4,7-8,12-14H2,1-3H3,(H,25,30)(H,27,31). The van der Waals surface area contributed by atoms with Crippen molar-refractivity contribution in [1.82, 2.24) is 10.2 Å². The lowest BCUT2D eigenvalue weighted by Crippen LogP contribution is -2.50. The molecule has 0 spiro atoms. The Morgan fingerprint density at radius 1 is 1.36 bits per heavy atom. The summed E-state index contributed by atoms with van der Waals surface area (Å²) in [7, 11) is 2.78. The van der Waals surface area contributed by atoms with Gasteiger partial charge in [0.25, 0.3) is 0 Å². The van der Waals surface area contributed by atoms with Crippen molar-refractivity contribution in [1.29, 1.82) is 5.26 Å². The molecule has 0 saturated heterocycles. The number of nitrogens with zero attached hydrogens (tertiary/aromatic N) is 3. The molecule has 10 nitrogen and oxygen atoms in total. The first-order valence-electron chi connectivity index (χ1n) is 10.7. The van der Waals surface area contributed by atoms with Gasteiger partial charge in [-0.25, -0.2) is 9.79 Å². The zero-order valence-corrected chi connectivity index (χ0v) is 19.1. The molecule has 1 atom stereocenters. The third kappa shape index (κ3) is 5.50. The van der Waals surface area contributed by atoms with Crippen molar-refractivity contribution in [3.05, 3.63) is 35.4 Å². The summed E-state index contributed by atoms with van der Waals surface area (Å²) >= 11 is 0. The summed E-state index contributed by atoms with van der Waals surface area (Å²) in [5, 5.41) is 24.3. The molecule has 1 aliphatic carbocycles. The highest BCUT2D eigenvalue weighted by Crippen LogP contribution is 2.39. The lowest BCUT2D eigenvalue weighted by atomic mass is 9.69. The topological polar surface area (TPSA) is 136 Å². The van der Waals surface area contributed by atoms with Gasteiger partial charge in [0.2, 0.25) is 5.91 Å². The van der Waals surface area contributed by atoms with E-state index in [1.165, 1.54) is 20.3 Å². The molecule has 1 aromatic carbocycles. The fourth-order valence-electron chi connectivity index (χ4n) is 3.90. The zero-order chi connectivity index (χ0) is 24.0. The monoisotopic (exact) mass is 455 g/mol. The Morgan fingerprint density at radius 2 is 2.12 bits per heavy atom. The molecule has 2 amide bonds. The number of carbonyl (C=O) groups is 2. The van der Waals surface area contributed by atoms with E-state index in [9.17, 15) is 20.0 Å². The van der Waals surface area contributed by atoms with Gasteiger partial charge in [0.15, 0.2) is 6.23 Å². The number of amidine groups is 1. The highest BCUT2D eigenvalue weighted by molar-refractivity contribution is 5.95. The molecule has 10 heteroatoms. The van der Waals surface area contributed by atoms with Crippen molar-refractivity contribution in [3.8, 4) is 6.07 Å². The van der Waals surface area contributed by atoms with E-state index in [-0.39, 0.29) is 24.5 Å². The van der Waals surface area contributed by atoms with Gasteiger partial charge in [-0.15, -0.1) is 0 Å². The van der Waals surface area contributed by atoms with Gasteiger partial charge in [-0.1, -0.05) is 6.42 Å². The largest absolute Gasteiger partial charge is 0.453 e. The first-order chi connectivity index (χ1) is 15.8. The van der Waals surface area contributed by atoms with Crippen LogP contribution < -0.4 is 10.6 Å². The van der Waals surface area contributed by atoms with Crippen LogP contribution in [0.25, 0.3) is 5.70 Å². The predicted molar refractivity (Wildman–Crippen MR) is 122 cm³/mol. The van der Waals surface area contributed by atoms with Crippen LogP contribution in [0, 0.1) is 16.7 Å². The molecule has 3 rings (SSSR count). The maximum Gasteiger partial charge on any atom is 0.411 e. The van der Waals surface area contributed by atoms with Gasteiger partial charge in [-0.3, -0.25) is 10.1 Å². The van der Waals surface area contributed by atoms with Crippen LogP contribution in [-0.2, 0) is 14.3 Å². The third-order valence-electron chi connectivity index (χ3n) is 6.12. The van der Waals surface area contributed by atoms with Crippen LogP contribution in [0.5, 0.6) is 0 Å². The minimum atomic E-state index is -0.669. The summed E-state index contributed by atoms with van der Waals surface area (Å²) in [6.45, 7) is 2.32. The SMILES string of the molecule is COC(=O)Nc1cc(C#N)ccc1C1=CC(OC)N(CC(=O)NCC2(CO)CCC2)C(C)=N1. The van der Waals surface area contributed by atoms with Crippen LogP contribution in [-0.4, -0.2) is 68.0 Å². The summed E-state index contributed by atoms with van der Waals surface area (Å²) in [5.41, 5.74) is 1.66. The predicted octanol–water partition coefficient (Wildman–Crippen LogP) is 2.06. The smallest absolute Gasteiger partial charge is 0.411 e. The lowest BCUT2D eigenvalue weighted by Gasteiger charge is -2.40. The Hall–Kier alpha value is -3.42. The van der Waals surface area contributed by atoms with Crippen LogP contribution in [0.1, 0.15) is 37.3 Å². The minimum Gasteiger partial charge on any atom is -0.453 e. The number of ether oxygens (including phenoxy) is 2. The second-order valence-corrected chi connectivity index (χ2v) is 8.24. The number of carbonyl (C=O) groups excluding carboxylic acids is 2. The minimum absolute atomic E-state index is 0.0414. The van der Waals surface area contributed by atoms with Gasteiger partial charge < -0.3 is 24.8 Å². The summed E-state index contributed by atoms with van der Waals surface area (Å²) < 4.78 is 10.3. The number of methoxy groups -OCH3 is 2. The van der Waals surface area contributed by atoms with E-state index in [1.54, 1.807) is 30.0 Å². The van der Waals surface area contributed by atoms with Crippen LogP contribution in [0.4, 0.5) is 10.5 Å². The van der Waals surface area contributed by atoms with Crippen LogP contribution in [0.15, 0.2) is 29.3 Å². The van der Waals surface area contributed by atoms with Crippen molar-refractivity contribution in [2.45, 2.75) is 32.4 Å². The number of rotatable bonds is 8. The van der Waals surface area contributed by atoms with Crippen LogP contribution in [0.2, 0.25) is 0 Å². The maximum atomic E-state index is 12.6. The number of nitrogens with one attached hydrogen (secondary N) is 2. The normalized spacial score (nSPS) is 18.9. The van der Waals surface area contributed by atoms with E-state index in [0.29, 0.717) is 34.9 Å². The van der Waals surface area contributed by atoms with E-state index >= 15 is 0 Å². The molecule has 2 aliphatic rings. The fourth-order valence-corrected chi connectivity index (χ4v) is 3.90. The molecule has 1 saturated carbocycles. The fraction of sp³-hybridized carbons (Fsp3) is 0.478. The quantitative estimate of drug-likeness (QED) is 0.546. The van der Waals surface area contributed by atoms with E-state index in [0.717, 1.165) is 19.3 Å². The Kier molecular flexibility index (Phi) is 7.68. The first-order valence-corrected chi connectivity index (χ1v) is 10.7. The second kappa shape index (κ2) is 10.5. The molecule has 0 bridgehead atoms. The van der Waals surface area contributed by atoms with Crippen molar-refractivity contribution in [2.75, 3.05) is 39.2 Å². The van der Waals surface area contributed by atoms with Gasteiger partial charge in [0.1, 0.15) is 12.4 Å². The molecular formula is C23H29N5O5. The third-order valence-corrected chi connectivity index (χ3v) is 6.12. The highest BCUT2D eigenvalue weighted by atomic mass is 16.5. The molecule has 0 aromatic heterocycles. The molecule has 1 aliphatic heterocycles. The Bertz CT molecular complexity index is 1000. The Balaban J connectivity index is 1.78.